The van der Waals surface area contributed by atoms with Crippen molar-refractivity contribution in [3.05, 3.63) is 17.0 Å². The topological polar surface area (TPSA) is 41.3 Å². The Kier molecular flexibility index (Phi) is 4.63. The van der Waals surface area contributed by atoms with Crippen LogP contribution in [0.2, 0.25) is 0 Å². The van der Waals surface area contributed by atoms with Gasteiger partial charge in [0.1, 0.15) is 5.76 Å². The van der Waals surface area contributed by atoms with Crippen LogP contribution in [0.5, 0.6) is 0 Å². The molecule has 0 aliphatic carbocycles. The summed E-state index contributed by atoms with van der Waals surface area (Å²) in [5, 5.41) is 7.74. The number of hydrogen-bond donors (Lipinski definition) is 1. The van der Waals surface area contributed by atoms with E-state index in [0.29, 0.717) is 18.1 Å². The lowest BCUT2D eigenvalue weighted by atomic mass is 9.99. The molecule has 0 radical (unpaired) electrons. The maximum atomic E-state index is 5.31. The van der Waals surface area contributed by atoms with E-state index in [1.54, 1.807) is 0 Å². The van der Waals surface area contributed by atoms with E-state index in [0.717, 1.165) is 18.0 Å². The predicted octanol–water partition coefficient (Wildman–Crippen LogP) is 2.81. The van der Waals surface area contributed by atoms with E-state index in [4.69, 9.17) is 4.52 Å². The maximum Gasteiger partial charge on any atom is 0.138 e. The molecule has 1 aromatic heterocycles. The van der Waals surface area contributed by atoms with Gasteiger partial charge in [0.05, 0.1) is 5.69 Å². The molecular weight excluding hydrogens is 238 g/mol. The molecule has 0 saturated carbocycles. The fourth-order valence-electron chi connectivity index (χ4n) is 3.23. The molecule has 108 valence electrons. The van der Waals surface area contributed by atoms with Crippen LogP contribution in [0.1, 0.15) is 56.7 Å². The van der Waals surface area contributed by atoms with Gasteiger partial charge in [0, 0.05) is 30.2 Å². The summed E-state index contributed by atoms with van der Waals surface area (Å²) in [4.78, 5) is 2.55. The van der Waals surface area contributed by atoms with Gasteiger partial charge in [-0.15, -0.1) is 0 Å². The summed E-state index contributed by atoms with van der Waals surface area (Å²) in [6, 6.07) is 1.55. The molecule has 1 fully saturated rings. The first-order valence-corrected chi connectivity index (χ1v) is 7.42. The van der Waals surface area contributed by atoms with Crippen molar-refractivity contribution in [3.8, 4) is 0 Å². The molecular formula is C15H27N3O. The van der Waals surface area contributed by atoms with Crippen LogP contribution in [-0.4, -0.2) is 35.2 Å². The van der Waals surface area contributed by atoms with Crippen molar-refractivity contribution in [2.75, 3.05) is 13.1 Å². The first-order chi connectivity index (χ1) is 8.99. The second kappa shape index (κ2) is 6.06. The summed E-state index contributed by atoms with van der Waals surface area (Å²) in [5.74, 6) is 0.962. The molecule has 2 rings (SSSR count). The monoisotopic (exact) mass is 265 g/mol. The first kappa shape index (κ1) is 14.5. The van der Waals surface area contributed by atoms with E-state index in [1.807, 2.05) is 13.8 Å². The number of aromatic nitrogens is 1. The molecule has 1 aromatic rings. The Morgan fingerprint density at radius 1 is 1.32 bits per heavy atom. The summed E-state index contributed by atoms with van der Waals surface area (Å²) in [6.45, 7) is 13.0. The summed E-state index contributed by atoms with van der Waals surface area (Å²) in [5.41, 5.74) is 2.30. The molecule has 1 aliphatic heterocycles. The van der Waals surface area contributed by atoms with E-state index >= 15 is 0 Å². The van der Waals surface area contributed by atoms with Crippen LogP contribution in [0.4, 0.5) is 0 Å². The Balaban J connectivity index is 2.05. The molecule has 1 saturated heterocycles. The zero-order chi connectivity index (χ0) is 14.0. The van der Waals surface area contributed by atoms with Gasteiger partial charge >= 0.3 is 0 Å². The molecule has 4 nitrogen and oxygen atoms in total. The lowest BCUT2D eigenvalue weighted by Crippen LogP contribution is -2.48. The zero-order valence-corrected chi connectivity index (χ0v) is 12.9. The highest BCUT2D eigenvalue weighted by molar-refractivity contribution is 5.24. The van der Waals surface area contributed by atoms with Crippen molar-refractivity contribution in [2.24, 2.45) is 0 Å². The number of nitrogens with one attached hydrogen (secondary N) is 1. The molecule has 1 N–H and O–H groups in total. The molecule has 2 heterocycles. The standard InChI is InChI=1S/C15H27N3O/c1-10(2)16-14-7-6-8-18(9-14)12(4)15-11(3)17-19-13(15)5/h10,12,14,16H,6-9H2,1-5H3. The van der Waals surface area contributed by atoms with Crippen LogP contribution in [0, 0.1) is 13.8 Å². The minimum absolute atomic E-state index is 0.392. The Labute approximate surface area is 116 Å². The quantitative estimate of drug-likeness (QED) is 0.909. The van der Waals surface area contributed by atoms with Crippen molar-refractivity contribution in [2.45, 2.75) is 65.6 Å². The largest absolute Gasteiger partial charge is 0.361 e. The SMILES string of the molecule is Cc1noc(C)c1C(C)N1CCCC(NC(C)C)C1. The van der Waals surface area contributed by atoms with E-state index in [-0.39, 0.29) is 0 Å². The molecule has 2 atom stereocenters. The fourth-order valence-corrected chi connectivity index (χ4v) is 3.23. The number of piperidine rings is 1. The van der Waals surface area contributed by atoms with Crippen LogP contribution >= 0.6 is 0 Å². The van der Waals surface area contributed by atoms with E-state index in [9.17, 15) is 0 Å². The van der Waals surface area contributed by atoms with Crippen LogP contribution in [0.3, 0.4) is 0 Å². The smallest absolute Gasteiger partial charge is 0.138 e. The first-order valence-electron chi connectivity index (χ1n) is 7.42. The average Bonchev–Trinajstić information content (AvgIpc) is 2.68. The van der Waals surface area contributed by atoms with Gasteiger partial charge in [-0.3, -0.25) is 4.90 Å². The number of nitrogens with zero attached hydrogens (tertiary/aromatic N) is 2. The number of hydrogen-bond acceptors (Lipinski definition) is 4. The molecule has 1 aliphatic rings. The fraction of sp³-hybridized carbons (Fsp3) is 0.800. The van der Waals surface area contributed by atoms with Gasteiger partial charge < -0.3 is 9.84 Å². The minimum atomic E-state index is 0.392. The number of likely N-dealkylation sites (tertiary alicyclic amines) is 1. The maximum absolute atomic E-state index is 5.31. The van der Waals surface area contributed by atoms with Crippen LogP contribution < -0.4 is 5.32 Å². The lowest BCUT2D eigenvalue weighted by molar-refractivity contribution is 0.141. The summed E-state index contributed by atoms with van der Waals surface area (Å²) in [6.07, 6.45) is 2.54. The predicted molar refractivity (Wildman–Crippen MR) is 77.3 cm³/mol. The van der Waals surface area contributed by atoms with Gasteiger partial charge in [0.25, 0.3) is 0 Å². The van der Waals surface area contributed by atoms with Crippen molar-refractivity contribution in [3.63, 3.8) is 0 Å². The summed E-state index contributed by atoms with van der Waals surface area (Å²) < 4.78 is 5.31. The van der Waals surface area contributed by atoms with E-state index in [2.05, 4.69) is 36.1 Å². The third-order valence-corrected chi connectivity index (χ3v) is 4.08. The van der Waals surface area contributed by atoms with Crippen molar-refractivity contribution in [1.82, 2.24) is 15.4 Å². The third-order valence-electron chi connectivity index (χ3n) is 4.08. The average molecular weight is 265 g/mol. The van der Waals surface area contributed by atoms with Crippen LogP contribution in [0.25, 0.3) is 0 Å². The number of rotatable bonds is 4. The van der Waals surface area contributed by atoms with Gasteiger partial charge in [-0.25, -0.2) is 0 Å². The zero-order valence-electron chi connectivity index (χ0n) is 12.9. The minimum Gasteiger partial charge on any atom is -0.361 e. The van der Waals surface area contributed by atoms with Crippen molar-refractivity contribution < 1.29 is 4.52 Å². The Hall–Kier alpha value is -0.870. The van der Waals surface area contributed by atoms with Gasteiger partial charge in [0.2, 0.25) is 0 Å². The van der Waals surface area contributed by atoms with Gasteiger partial charge in [-0.2, -0.15) is 0 Å². The molecule has 0 spiro atoms. The Morgan fingerprint density at radius 3 is 2.63 bits per heavy atom. The van der Waals surface area contributed by atoms with Crippen LogP contribution in [0.15, 0.2) is 4.52 Å². The summed E-state index contributed by atoms with van der Waals surface area (Å²) >= 11 is 0. The number of aryl methyl sites for hydroxylation is 2. The van der Waals surface area contributed by atoms with Gasteiger partial charge in [0.15, 0.2) is 0 Å². The highest BCUT2D eigenvalue weighted by atomic mass is 16.5. The van der Waals surface area contributed by atoms with Gasteiger partial charge in [-0.1, -0.05) is 19.0 Å². The Morgan fingerprint density at radius 2 is 2.05 bits per heavy atom. The third kappa shape index (κ3) is 3.37. The highest BCUT2D eigenvalue weighted by Crippen LogP contribution is 2.28. The molecule has 19 heavy (non-hydrogen) atoms. The lowest BCUT2D eigenvalue weighted by Gasteiger charge is -2.38. The molecule has 0 aromatic carbocycles. The summed E-state index contributed by atoms with van der Waals surface area (Å²) in [7, 11) is 0. The second-order valence-electron chi connectivity index (χ2n) is 6.07. The molecule has 4 heteroatoms. The van der Waals surface area contributed by atoms with E-state index < -0.39 is 0 Å². The molecule has 2 unspecified atom stereocenters. The second-order valence-corrected chi connectivity index (χ2v) is 6.07. The van der Waals surface area contributed by atoms with E-state index in [1.165, 1.54) is 24.9 Å². The normalized spacial score (nSPS) is 22.9. The Bertz CT molecular complexity index is 394. The van der Waals surface area contributed by atoms with Crippen LogP contribution in [-0.2, 0) is 0 Å². The molecule has 0 amide bonds. The van der Waals surface area contributed by atoms with Crippen molar-refractivity contribution in [1.29, 1.82) is 0 Å². The van der Waals surface area contributed by atoms with Gasteiger partial charge in [-0.05, 0) is 40.2 Å². The molecule has 0 bridgehead atoms. The highest BCUT2D eigenvalue weighted by Gasteiger charge is 2.27. The van der Waals surface area contributed by atoms with Crippen molar-refractivity contribution >= 4 is 0 Å².